The van der Waals surface area contributed by atoms with Crippen molar-refractivity contribution in [3.8, 4) is 0 Å². The van der Waals surface area contributed by atoms with Crippen molar-refractivity contribution in [3.05, 3.63) is 96.6 Å². The Balaban J connectivity index is 2.22. The molecule has 0 spiro atoms. The summed E-state index contributed by atoms with van der Waals surface area (Å²) in [6, 6.07) is 32.0. The summed E-state index contributed by atoms with van der Waals surface area (Å²) in [6.45, 7) is 4.11. The SMILES string of the molecule is CC(=O)CC(c1ccccc1)[Si](C)(c1ccccc1)c1ccccc1. The first-order valence-corrected chi connectivity index (χ1v) is 11.4. The van der Waals surface area contributed by atoms with Gasteiger partial charge in [0.05, 0.1) is 0 Å². The van der Waals surface area contributed by atoms with E-state index >= 15 is 0 Å². The lowest BCUT2D eigenvalue weighted by Gasteiger charge is -2.37. The van der Waals surface area contributed by atoms with Crippen LogP contribution in [0.25, 0.3) is 0 Å². The molecule has 0 saturated heterocycles. The van der Waals surface area contributed by atoms with Crippen LogP contribution in [0.4, 0.5) is 0 Å². The molecule has 3 aromatic rings. The Morgan fingerprint density at radius 2 is 1.16 bits per heavy atom. The van der Waals surface area contributed by atoms with Crippen LogP contribution >= 0.6 is 0 Å². The first kappa shape index (κ1) is 17.4. The molecule has 3 aromatic carbocycles. The predicted molar refractivity (Wildman–Crippen MR) is 108 cm³/mol. The molecule has 0 radical (unpaired) electrons. The van der Waals surface area contributed by atoms with Gasteiger partial charge < -0.3 is 4.79 Å². The lowest BCUT2D eigenvalue weighted by molar-refractivity contribution is -0.117. The van der Waals surface area contributed by atoms with E-state index in [1.807, 2.05) is 6.07 Å². The maximum absolute atomic E-state index is 12.2. The van der Waals surface area contributed by atoms with Crippen LogP contribution in [0.2, 0.25) is 6.55 Å². The molecule has 0 fully saturated rings. The highest BCUT2D eigenvalue weighted by Crippen LogP contribution is 2.30. The molecule has 1 unspecified atom stereocenters. The molecule has 1 nitrogen and oxygen atoms in total. The van der Waals surface area contributed by atoms with Crippen molar-refractivity contribution in [2.75, 3.05) is 0 Å². The van der Waals surface area contributed by atoms with Gasteiger partial charge in [-0.05, 0) is 18.0 Å². The molecule has 0 aliphatic carbocycles. The van der Waals surface area contributed by atoms with Crippen LogP contribution < -0.4 is 10.4 Å². The van der Waals surface area contributed by atoms with Gasteiger partial charge in [-0.1, -0.05) is 108 Å². The molecule has 0 heterocycles. The number of carbonyl (C=O) groups excluding carboxylic acids is 1. The monoisotopic (exact) mass is 344 g/mol. The van der Waals surface area contributed by atoms with Crippen LogP contribution in [0.1, 0.15) is 24.4 Å². The normalized spacial score (nSPS) is 12.6. The zero-order valence-electron chi connectivity index (χ0n) is 14.9. The highest BCUT2D eigenvalue weighted by molar-refractivity contribution is 7.02. The second-order valence-corrected chi connectivity index (χ2v) is 11.1. The zero-order valence-corrected chi connectivity index (χ0v) is 15.9. The fourth-order valence-electron chi connectivity index (χ4n) is 3.77. The van der Waals surface area contributed by atoms with E-state index in [4.69, 9.17) is 0 Å². The molecule has 0 N–H and O–H groups in total. The maximum Gasteiger partial charge on any atom is 0.130 e. The molecule has 0 aliphatic rings. The summed E-state index contributed by atoms with van der Waals surface area (Å²) in [7, 11) is -2.16. The van der Waals surface area contributed by atoms with E-state index in [1.54, 1.807) is 6.92 Å². The van der Waals surface area contributed by atoms with Gasteiger partial charge in [0.1, 0.15) is 13.9 Å². The van der Waals surface area contributed by atoms with Crippen molar-refractivity contribution in [2.45, 2.75) is 25.4 Å². The summed E-state index contributed by atoms with van der Waals surface area (Å²) < 4.78 is 0. The van der Waals surface area contributed by atoms with Crippen LogP contribution in [0.15, 0.2) is 91.0 Å². The predicted octanol–water partition coefficient (Wildman–Crippen LogP) is 4.18. The number of ketones is 1. The van der Waals surface area contributed by atoms with E-state index in [-0.39, 0.29) is 11.3 Å². The molecule has 126 valence electrons. The van der Waals surface area contributed by atoms with Crippen molar-refractivity contribution >= 4 is 24.2 Å². The van der Waals surface area contributed by atoms with Crippen LogP contribution in [0.3, 0.4) is 0 Å². The fourth-order valence-corrected chi connectivity index (χ4v) is 8.23. The zero-order chi connectivity index (χ0) is 17.7. The van der Waals surface area contributed by atoms with Crippen LogP contribution in [0, 0.1) is 0 Å². The first-order valence-electron chi connectivity index (χ1n) is 8.78. The molecule has 0 bridgehead atoms. The number of rotatable bonds is 6. The lowest BCUT2D eigenvalue weighted by Crippen LogP contribution is -2.60. The average molecular weight is 345 g/mol. The number of hydrogen-bond acceptors (Lipinski definition) is 1. The van der Waals surface area contributed by atoms with E-state index in [9.17, 15) is 4.79 Å². The molecule has 0 saturated carbocycles. The topological polar surface area (TPSA) is 17.1 Å². The van der Waals surface area contributed by atoms with Gasteiger partial charge in [-0.25, -0.2) is 0 Å². The summed E-state index contributed by atoms with van der Waals surface area (Å²) in [4.78, 5) is 12.2. The Bertz CT molecular complexity index is 773. The third kappa shape index (κ3) is 3.64. The van der Waals surface area contributed by atoms with Crippen LogP contribution in [-0.4, -0.2) is 13.9 Å². The minimum atomic E-state index is -2.16. The Labute approximate surface area is 151 Å². The Kier molecular flexibility index (Phi) is 5.30. The number of carbonyl (C=O) groups is 1. The van der Waals surface area contributed by atoms with Crippen LogP contribution in [0.5, 0.6) is 0 Å². The summed E-state index contributed by atoms with van der Waals surface area (Å²) in [5, 5.41) is 2.74. The van der Waals surface area contributed by atoms with E-state index < -0.39 is 8.07 Å². The molecular weight excluding hydrogens is 320 g/mol. The van der Waals surface area contributed by atoms with E-state index in [0.29, 0.717) is 6.42 Å². The number of hydrogen-bond donors (Lipinski definition) is 0. The maximum atomic E-state index is 12.2. The Hall–Kier alpha value is -2.45. The summed E-state index contributed by atoms with van der Waals surface area (Å²) >= 11 is 0. The summed E-state index contributed by atoms with van der Waals surface area (Å²) in [5.41, 5.74) is 1.48. The van der Waals surface area contributed by atoms with Crippen molar-refractivity contribution in [2.24, 2.45) is 0 Å². The lowest BCUT2D eigenvalue weighted by atomic mass is 10.1. The van der Waals surface area contributed by atoms with Gasteiger partial charge >= 0.3 is 0 Å². The molecule has 0 aromatic heterocycles. The molecule has 1 atom stereocenters. The third-order valence-electron chi connectivity index (χ3n) is 5.14. The minimum absolute atomic E-state index is 0.219. The molecular formula is C23H24OSi. The second kappa shape index (κ2) is 7.62. The van der Waals surface area contributed by atoms with Gasteiger partial charge in [-0.15, -0.1) is 0 Å². The van der Waals surface area contributed by atoms with E-state index in [2.05, 4.69) is 91.5 Å². The molecule has 0 amide bonds. The Morgan fingerprint density at radius 1 is 0.760 bits per heavy atom. The standard InChI is InChI=1S/C23H24OSi/c1-19(24)18-23(20-12-6-3-7-13-20)25(2,21-14-8-4-9-15-21)22-16-10-5-11-17-22/h3-17,23H,18H2,1-2H3. The average Bonchev–Trinajstić information content (AvgIpc) is 2.67. The second-order valence-electron chi connectivity index (χ2n) is 6.80. The summed E-state index contributed by atoms with van der Waals surface area (Å²) in [5.74, 6) is 0.249. The highest BCUT2D eigenvalue weighted by atomic mass is 28.3. The van der Waals surface area contributed by atoms with Gasteiger partial charge in [0.25, 0.3) is 0 Å². The third-order valence-corrected chi connectivity index (χ3v) is 10.1. The van der Waals surface area contributed by atoms with Crippen molar-refractivity contribution in [1.82, 2.24) is 0 Å². The minimum Gasteiger partial charge on any atom is -0.300 e. The van der Waals surface area contributed by atoms with Gasteiger partial charge in [0, 0.05) is 6.42 Å². The van der Waals surface area contributed by atoms with Gasteiger partial charge in [-0.2, -0.15) is 0 Å². The molecule has 2 heteroatoms. The fraction of sp³-hybridized carbons (Fsp3) is 0.174. The summed E-state index contributed by atoms with van der Waals surface area (Å²) in [6.07, 6.45) is 0.580. The number of benzene rings is 3. The molecule has 0 aliphatic heterocycles. The van der Waals surface area contributed by atoms with E-state index in [1.165, 1.54) is 15.9 Å². The van der Waals surface area contributed by atoms with Crippen LogP contribution in [-0.2, 0) is 4.79 Å². The quantitative estimate of drug-likeness (QED) is 0.613. The van der Waals surface area contributed by atoms with Gasteiger partial charge in [0.2, 0.25) is 0 Å². The number of Topliss-reactive ketones (excluding diaryl/α,β-unsaturated/α-hetero) is 1. The van der Waals surface area contributed by atoms with Crippen molar-refractivity contribution in [3.63, 3.8) is 0 Å². The van der Waals surface area contributed by atoms with E-state index in [0.717, 1.165) is 0 Å². The molecule has 25 heavy (non-hydrogen) atoms. The largest absolute Gasteiger partial charge is 0.300 e. The van der Waals surface area contributed by atoms with Crippen molar-refractivity contribution < 1.29 is 4.79 Å². The Morgan fingerprint density at radius 3 is 1.56 bits per heavy atom. The smallest absolute Gasteiger partial charge is 0.130 e. The highest BCUT2D eigenvalue weighted by Gasteiger charge is 2.41. The van der Waals surface area contributed by atoms with Gasteiger partial charge in [-0.3, -0.25) is 0 Å². The first-order chi connectivity index (χ1) is 12.1. The van der Waals surface area contributed by atoms with Crippen molar-refractivity contribution in [1.29, 1.82) is 0 Å². The van der Waals surface area contributed by atoms with Gasteiger partial charge in [0.15, 0.2) is 0 Å². The molecule has 3 rings (SSSR count).